The lowest BCUT2D eigenvalue weighted by atomic mass is 10.3. The first-order valence-electron chi connectivity index (χ1n) is 2.17. The largest absolute Gasteiger partial charge is 0.384 e. The molecule has 50 valence electrons. The Kier molecular flexibility index (Phi) is 2.95. The molecule has 0 radical (unpaired) electrons. The van der Waals surface area contributed by atoms with Crippen LogP contribution in [0.25, 0.3) is 0 Å². The van der Waals surface area contributed by atoms with E-state index in [-0.39, 0.29) is 13.3 Å². The van der Waals surface area contributed by atoms with Crippen LogP contribution < -0.4 is 5.73 Å². The van der Waals surface area contributed by atoms with Crippen molar-refractivity contribution in [2.24, 2.45) is 5.73 Å². The summed E-state index contributed by atoms with van der Waals surface area (Å²) in [4.78, 5) is 0. The Morgan fingerprint density at radius 1 is 1.67 bits per heavy atom. The van der Waals surface area contributed by atoms with E-state index in [9.17, 15) is 0 Å². The molecule has 2 nitrogen and oxygen atoms in total. The van der Waals surface area contributed by atoms with Crippen molar-refractivity contribution in [3.63, 3.8) is 0 Å². The maximum Gasteiger partial charge on any atom is 0.123 e. The van der Waals surface area contributed by atoms with E-state index in [1.165, 1.54) is 0 Å². The number of hydrogen-bond acceptors (Lipinski definition) is 2. The molecule has 0 amide bonds. The molecule has 0 aliphatic carbocycles. The normalized spacial score (nSPS) is 8.00. The van der Waals surface area contributed by atoms with Gasteiger partial charge in [-0.25, -0.2) is 0 Å². The monoisotopic (exact) mass is 142 g/mol. The van der Waals surface area contributed by atoms with Gasteiger partial charge in [0.2, 0.25) is 0 Å². The minimum Gasteiger partial charge on any atom is -0.384 e. The van der Waals surface area contributed by atoms with Crippen LogP contribution >= 0.6 is 11.3 Å². The number of nitrogen functional groups attached to an aromatic ring is 1. The predicted octanol–water partition coefficient (Wildman–Crippen LogP) is 1.67. The second kappa shape index (κ2) is 3.25. The quantitative estimate of drug-likeness (QED) is 0.455. The van der Waals surface area contributed by atoms with E-state index in [4.69, 9.17) is 11.1 Å². The lowest BCUT2D eigenvalue weighted by Gasteiger charge is -1.85. The van der Waals surface area contributed by atoms with Gasteiger partial charge in [-0.2, -0.15) is 11.3 Å². The highest BCUT2D eigenvalue weighted by molar-refractivity contribution is 7.08. The van der Waals surface area contributed by atoms with Crippen LogP contribution in [0.5, 0.6) is 0 Å². The van der Waals surface area contributed by atoms with Crippen molar-refractivity contribution >= 4 is 17.2 Å². The van der Waals surface area contributed by atoms with Crippen LogP contribution in [-0.2, 0) is 0 Å². The SMILES string of the molecule is C.N=C(N)c1ccsc1. The van der Waals surface area contributed by atoms with Crippen LogP contribution in [0.1, 0.15) is 13.0 Å². The highest BCUT2D eigenvalue weighted by Gasteiger charge is 1.91. The number of rotatable bonds is 1. The molecule has 1 heterocycles. The molecule has 0 aliphatic rings. The summed E-state index contributed by atoms with van der Waals surface area (Å²) in [6, 6.07) is 1.83. The van der Waals surface area contributed by atoms with Gasteiger partial charge in [0.05, 0.1) is 0 Å². The number of nitrogens with one attached hydrogen (secondary N) is 1. The zero-order chi connectivity index (χ0) is 5.98. The Bertz CT molecular complexity index is 179. The number of nitrogens with two attached hydrogens (primary N) is 1. The van der Waals surface area contributed by atoms with Gasteiger partial charge in [0.1, 0.15) is 5.84 Å². The molecular formula is C6H10N2S. The number of thiophene rings is 1. The third-order valence-electron chi connectivity index (χ3n) is 0.832. The molecule has 1 aromatic heterocycles. The molecule has 1 rings (SSSR count). The minimum absolute atomic E-state index is 0. The van der Waals surface area contributed by atoms with Crippen molar-refractivity contribution in [2.45, 2.75) is 7.43 Å². The summed E-state index contributed by atoms with van der Waals surface area (Å²) in [5.74, 6) is 0.145. The number of hydrogen-bond donors (Lipinski definition) is 2. The van der Waals surface area contributed by atoms with Gasteiger partial charge >= 0.3 is 0 Å². The van der Waals surface area contributed by atoms with Gasteiger partial charge in [0.25, 0.3) is 0 Å². The maximum atomic E-state index is 6.94. The Morgan fingerprint density at radius 2 is 2.33 bits per heavy atom. The predicted molar refractivity (Wildman–Crippen MR) is 42.1 cm³/mol. The molecule has 0 aliphatic heterocycles. The van der Waals surface area contributed by atoms with E-state index >= 15 is 0 Å². The van der Waals surface area contributed by atoms with Gasteiger partial charge in [-0.3, -0.25) is 5.41 Å². The van der Waals surface area contributed by atoms with Crippen LogP contribution in [0, 0.1) is 5.41 Å². The molecule has 3 heteroatoms. The van der Waals surface area contributed by atoms with E-state index in [1.807, 2.05) is 16.8 Å². The molecule has 0 fully saturated rings. The summed E-state index contributed by atoms with van der Waals surface area (Å²) >= 11 is 1.55. The molecular weight excluding hydrogens is 132 g/mol. The summed E-state index contributed by atoms with van der Waals surface area (Å²) in [6.45, 7) is 0. The molecule has 3 N–H and O–H groups in total. The van der Waals surface area contributed by atoms with Crippen molar-refractivity contribution < 1.29 is 0 Å². The summed E-state index contributed by atoms with van der Waals surface area (Å²) in [5, 5.41) is 10.7. The third kappa shape index (κ3) is 1.85. The Labute approximate surface area is 58.8 Å². The molecule has 0 atom stereocenters. The minimum atomic E-state index is 0. The second-order valence-electron chi connectivity index (χ2n) is 1.43. The topological polar surface area (TPSA) is 49.9 Å². The second-order valence-corrected chi connectivity index (χ2v) is 2.21. The molecule has 0 saturated carbocycles. The fourth-order valence-corrected chi connectivity index (χ4v) is 1.07. The summed E-state index contributed by atoms with van der Waals surface area (Å²) in [5.41, 5.74) is 5.96. The standard InChI is InChI=1S/C5H6N2S.CH4/c6-5(7)4-1-2-8-3-4;/h1-3H,(H3,6,7);1H4. The molecule has 0 bridgehead atoms. The molecule has 1 aromatic rings. The van der Waals surface area contributed by atoms with Gasteiger partial charge in [-0.15, -0.1) is 0 Å². The summed E-state index contributed by atoms with van der Waals surface area (Å²) in [7, 11) is 0. The van der Waals surface area contributed by atoms with Crippen LogP contribution in [0.4, 0.5) is 0 Å². The lowest BCUT2D eigenvalue weighted by molar-refractivity contribution is 1.44. The fourth-order valence-electron chi connectivity index (χ4n) is 0.418. The first-order chi connectivity index (χ1) is 3.80. The fraction of sp³-hybridized carbons (Fsp3) is 0.167. The van der Waals surface area contributed by atoms with Gasteiger partial charge in [0, 0.05) is 10.9 Å². The zero-order valence-corrected chi connectivity index (χ0v) is 5.03. The highest BCUT2D eigenvalue weighted by atomic mass is 32.1. The van der Waals surface area contributed by atoms with Crippen molar-refractivity contribution in [3.05, 3.63) is 22.4 Å². The zero-order valence-electron chi connectivity index (χ0n) is 4.22. The van der Waals surface area contributed by atoms with E-state index in [0.717, 1.165) is 5.56 Å². The van der Waals surface area contributed by atoms with Crippen LogP contribution in [0.3, 0.4) is 0 Å². The van der Waals surface area contributed by atoms with E-state index in [2.05, 4.69) is 0 Å². The first kappa shape index (κ1) is 8.17. The van der Waals surface area contributed by atoms with Crippen molar-refractivity contribution in [2.75, 3.05) is 0 Å². The van der Waals surface area contributed by atoms with E-state index in [0.29, 0.717) is 0 Å². The van der Waals surface area contributed by atoms with Gasteiger partial charge in [0.15, 0.2) is 0 Å². The van der Waals surface area contributed by atoms with Crippen LogP contribution in [0.2, 0.25) is 0 Å². The Hall–Kier alpha value is -0.830. The summed E-state index contributed by atoms with van der Waals surface area (Å²) in [6.07, 6.45) is 0. The Morgan fingerprint density at radius 3 is 2.56 bits per heavy atom. The molecule has 0 aromatic carbocycles. The van der Waals surface area contributed by atoms with E-state index in [1.54, 1.807) is 11.3 Å². The van der Waals surface area contributed by atoms with Gasteiger partial charge in [-0.1, -0.05) is 7.43 Å². The van der Waals surface area contributed by atoms with Crippen LogP contribution in [-0.4, -0.2) is 5.84 Å². The molecule has 0 spiro atoms. The highest BCUT2D eigenvalue weighted by Crippen LogP contribution is 2.03. The lowest BCUT2D eigenvalue weighted by Crippen LogP contribution is -2.08. The summed E-state index contributed by atoms with van der Waals surface area (Å²) < 4.78 is 0. The van der Waals surface area contributed by atoms with Crippen molar-refractivity contribution in [1.82, 2.24) is 0 Å². The van der Waals surface area contributed by atoms with Gasteiger partial charge in [-0.05, 0) is 11.4 Å². The molecule has 0 unspecified atom stereocenters. The molecule has 9 heavy (non-hydrogen) atoms. The van der Waals surface area contributed by atoms with E-state index < -0.39 is 0 Å². The Balaban J connectivity index is 0.000000640. The smallest absolute Gasteiger partial charge is 0.123 e. The van der Waals surface area contributed by atoms with Crippen molar-refractivity contribution in [1.29, 1.82) is 5.41 Å². The third-order valence-corrected chi connectivity index (χ3v) is 1.52. The van der Waals surface area contributed by atoms with Gasteiger partial charge < -0.3 is 5.73 Å². The van der Waals surface area contributed by atoms with Crippen LogP contribution in [0.15, 0.2) is 16.8 Å². The average molecular weight is 142 g/mol. The first-order valence-corrected chi connectivity index (χ1v) is 3.11. The maximum absolute atomic E-state index is 6.94. The molecule has 0 saturated heterocycles. The average Bonchev–Trinajstić information content (AvgIpc) is 2.12. The number of amidine groups is 1. The van der Waals surface area contributed by atoms with Crippen molar-refractivity contribution in [3.8, 4) is 0 Å².